The Morgan fingerprint density at radius 2 is 2.11 bits per heavy atom. The van der Waals surface area contributed by atoms with Crippen molar-refractivity contribution in [3.63, 3.8) is 0 Å². The molecule has 0 aliphatic heterocycles. The first kappa shape index (κ1) is 19.4. The molecule has 0 unspecified atom stereocenters. The molecule has 2 N–H and O–H groups in total. The first-order valence-electron chi connectivity index (χ1n) is 4.83. The van der Waals surface area contributed by atoms with Crippen LogP contribution < -0.4 is 40.0 Å². The Balaban J connectivity index is 0. The van der Waals surface area contributed by atoms with Gasteiger partial charge in [0.1, 0.15) is 5.00 Å². The molecule has 0 bridgehead atoms. The van der Waals surface area contributed by atoms with E-state index in [1.807, 2.05) is 13.8 Å². The summed E-state index contributed by atoms with van der Waals surface area (Å²) < 4.78 is 0. The van der Waals surface area contributed by atoms with Gasteiger partial charge in [0.2, 0.25) is 0 Å². The minimum Gasteiger partial charge on any atom is -0.870 e. The molecule has 0 saturated heterocycles. The minimum absolute atomic E-state index is 0. The van der Waals surface area contributed by atoms with Crippen molar-refractivity contribution in [1.82, 2.24) is 4.98 Å². The number of aldehydes is 1. The van der Waals surface area contributed by atoms with E-state index < -0.39 is 17.3 Å². The number of thiazole rings is 1. The standard InChI is InChI=1S/C8H8N2O4S.C2H6.Na/c1-9-7-5(10-3-15-7)6(12)4(2-11)8(13)14;1-2;/h2-3,9,12H,1H3,(H,13,14);1-2H3;/q;;+1/p-1/b6-4-;;. The Morgan fingerprint density at radius 3 is 2.50 bits per heavy atom. The van der Waals surface area contributed by atoms with Gasteiger partial charge in [-0.15, -0.1) is 11.3 Å². The fourth-order valence-electron chi connectivity index (χ4n) is 0.914. The molecule has 8 heteroatoms. The van der Waals surface area contributed by atoms with Gasteiger partial charge in [-0.25, -0.2) is 9.78 Å². The van der Waals surface area contributed by atoms with Crippen LogP contribution in [0.5, 0.6) is 0 Å². The molecule has 6 nitrogen and oxygen atoms in total. The van der Waals surface area contributed by atoms with Gasteiger partial charge in [-0.1, -0.05) is 19.6 Å². The van der Waals surface area contributed by atoms with Crippen molar-refractivity contribution in [2.75, 3.05) is 12.4 Å². The van der Waals surface area contributed by atoms with Crippen LogP contribution in [0.25, 0.3) is 5.76 Å². The number of rotatable bonds is 4. The van der Waals surface area contributed by atoms with Crippen LogP contribution in [0.15, 0.2) is 11.1 Å². The zero-order chi connectivity index (χ0) is 13.4. The number of aromatic nitrogens is 1. The molecule has 0 saturated carbocycles. The zero-order valence-electron chi connectivity index (χ0n) is 10.7. The summed E-state index contributed by atoms with van der Waals surface area (Å²) in [5.41, 5.74) is 0.521. The van der Waals surface area contributed by atoms with E-state index in [2.05, 4.69) is 10.3 Å². The minimum atomic E-state index is -1.55. The molecule has 0 aliphatic rings. The molecule has 1 rings (SSSR count). The number of carboxylic acid groups (broad SMARTS) is 1. The molecule has 0 aromatic carbocycles. The first-order valence-corrected chi connectivity index (χ1v) is 5.71. The number of nitrogens with one attached hydrogen (secondary N) is 1. The number of aliphatic carboxylic acids is 1. The molecule has 94 valence electrons. The quantitative estimate of drug-likeness (QED) is 0.159. The summed E-state index contributed by atoms with van der Waals surface area (Å²) in [5.74, 6) is -2.44. The summed E-state index contributed by atoms with van der Waals surface area (Å²) in [5, 5.41) is 23.2. The Labute approximate surface area is 131 Å². The molecule has 1 heterocycles. The Kier molecular flexibility index (Phi) is 10.9. The number of nitrogens with zero attached hydrogens (tertiary/aromatic N) is 1. The monoisotopic (exact) mass is 280 g/mol. The Bertz CT molecular complexity index is 431. The van der Waals surface area contributed by atoms with Crippen molar-refractivity contribution >= 4 is 34.4 Å². The maximum absolute atomic E-state index is 11.5. The second-order valence-electron chi connectivity index (χ2n) is 2.45. The van der Waals surface area contributed by atoms with Crippen molar-refractivity contribution in [2.24, 2.45) is 0 Å². The number of carboxylic acids is 1. The van der Waals surface area contributed by atoms with Crippen LogP contribution in [0.3, 0.4) is 0 Å². The van der Waals surface area contributed by atoms with Crippen LogP contribution in [0.2, 0.25) is 0 Å². The third-order valence-electron chi connectivity index (χ3n) is 1.60. The summed E-state index contributed by atoms with van der Waals surface area (Å²) in [4.78, 5) is 24.6. The molecule has 0 fully saturated rings. The molecule has 1 aromatic heterocycles. The van der Waals surface area contributed by atoms with E-state index >= 15 is 0 Å². The fourth-order valence-corrected chi connectivity index (χ4v) is 1.55. The molecule has 0 amide bonds. The molecule has 18 heavy (non-hydrogen) atoms. The Morgan fingerprint density at radius 1 is 1.56 bits per heavy atom. The van der Waals surface area contributed by atoms with Crippen LogP contribution >= 0.6 is 11.3 Å². The third kappa shape index (κ3) is 4.77. The summed E-state index contributed by atoms with van der Waals surface area (Å²) in [7, 11) is 1.58. The molecule has 1 aromatic rings. The molecule has 0 radical (unpaired) electrons. The number of carbonyl (C=O) groups is 2. The third-order valence-corrected chi connectivity index (χ3v) is 2.45. The van der Waals surface area contributed by atoms with E-state index in [-0.39, 0.29) is 41.5 Å². The van der Waals surface area contributed by atoms with E-state index in [0.717, 1.165) is 11.3 Å². The van der Waals surface area contributed by atoms with E-state index in [4.69, 9.17) is 5.11 Å². The average molecular weight is 280 g/mol. The van der Waals surface area contributed by atoms with Gasteiger partial charge in [-0.2, -0.15) is 0 Å². The maximum atomic E-state index is 11.5. The van der Waals surface area contributed by atoms with E-state index in [0.29, 0.717) is 5.00 Å². The second-order valence-corrected chi connectivity index (χ2v) is 3.30. The van der Waals surface area contributed by atoms with Gasteiger partial charge < -0.3 is 15.5 Å². The van der Waals surface area contributed by atoms with Gasteiger partial charge in [0.15, 0.2) is 6.29 Å². The normalized spacial score (nSPS) is 10.2. The topological polar surface area (TPSA) is 102 Å². The second kappa shape index (κ2) is 10.1. The number of hydrogen-bond donors (Lipinski definition) is 2. The molecular weight excluding hydrogens is 267 g/mol. The number of carbonyl (C=O) groups excluding carboxylic acids is 1. The Hall–Kier alpha value is -0.890. The van der Waals surface area contributed by atoms with Gasteiger partial charge in [0.25, 0.3) is 0 Å². The van der Waals surface area contributed by atoms with Gasteiger partial charge in [-0.05, 0) is 0 Å². The van der Waals surface area contributed by atoms with Gasteiger partial charge in [0, 0.05) is 7.05 Å². The van der Waals surface area contributed by atoms with Crippen LogP contribution in [0.1, 0.15) is 19.5 Å². The van der Waals surface area contributed by atoms with E-state index in [1.54, 1.807) is 7.05 Å². The van der Waals surface area contributed by atoms with Crippen molar-refractivity contribution in [3.05, 3.63) is 16.8 Å². The smallest absolute Gasteiger partial charge is 0.870 e. The molecule has 0 atom stereocenters. The summed E-state index contributed by atoms with van der Waals surface area (Å²) in [6.07, 6.45) is 0.0173. The van der Waals surface area contributed by atoms with Gasteiger partial charge >= 0.3 is 35.5 Å². The van der Waals surface area contributed by atoms with Gasteiger partial charge in [0.05, 0.1) is 16.8 Å². The zero-order valence-corrected chi connectivity index (χ0v) is 13.5. The predicted molar refractivity (Wildman–Crippen MR) is 63.6 cm³/mol. The van der Waals surface area contributed by atoms with Crippen molar-refractivity contribution < 1.29 is 49.4 Å². The van der Waals surface area contributed by atoms with Gasteiger partial charge in [-0.3, -0.25) is 4.79 Å². The van der Waals surface area contributed by atoms with E-state index in [9.17, 15) is 14.7 Å². The van der Waals surface area contributed by atoms with Crippen LogP contribution in [-0.2, 0) is 9.59 Å². The predicted octanol–water partition coefficient (Wildman–Crippen LogP) is -2.43. The maximum Gasteiger partial charge on any atom is 1.00 e. The molecular formula is C10H13N2NaO4S. The van der Waals surface area contributed by atoms with Crippen molar-refractivity contribution in [2.45, 2.75) is 13.8 Å². The first-order chi connectivity index (χ1) is 8.11. The van der Waals surface area contributed by atoms with Crippen LogP contribution in [0, 0.1) is 0 Å². The molecule has 0 aliphatic carbocycles. The molecule has 0 spiro atoms. The summed E-state index contributed by atoms with van der Waals surface area (Å²) >= 11 is 1.15. The summed E-state index contributed by atoms with van der Waals surface area (Å²) in [6, 6.07) is 0. The average Bonchev–Trinajstić information content (AvgIpc) is 2.80. The summed E-state index contributed by atoms with van der Waals surface area (Å²) in [6.45, 7) is 4.00. The van der Waals surface area contributed by atoms with Crippen molar-refractivity contribution in [3.8, 4) is 0 Å². The number of anilines is 1. The van der Waals surface area contributed by atoms with E-state index in [1.165, 1.54) is 5.51 Å². The fraction of sp³-hybridized carbons (Fsp3) is 0.300. The number of hydrogen-bond acceptors (Lipinski definition) is 6. The largest absolute Gasteiger partial charge is 1.00 e. The van der Waals surface area contributed by atoms with Crippen LogP contribution in [0.4, 0.5) is 5.00 Å². The van der Waals surface area contributed by atoms with Crippen LogP contribution in [-0.4, -0.2) is 29.4 Å². The van der Waals surface area contributed by atoms with Crippen molar-refractivity contribution in [1.29, 1.82) is 0 Å². The SMILES string of the molecule is CC.CNc1scnc1/C([O-])=C(\C=O)C(=O)O.[Na+].